The number of nitrogens with zero attached hydrogens (tertiary/aromatic N) is 2. The summed E-state index contributed by atoms with van der Waals surface area (Å²) in [6, 6.07) is 8.85. The molecule has 0 radical (unpaired) electrons. The number of rotatable bonds is 5. The average Bonchev–Trinajstić information content (AvgIpc) is 2.87. The van der Waals surface area contributed by atoms with Crippen LogP contribution in [0, 0.1) is 11.8 Å². The highest BCUT2D eigenvalue weighted by molar-refractivity contribution is 6.06. The Labute approximate surface area is 154 Å². The lowest BCUT2D eigenvalue weighted by molar-refractivity contribution is -0.139. The van der Waals surface area contributed by atoms with E-state index in [1.165, 1.54) is 0 Å². The van der Waals surface area contributed by atoms with E-state index in [9.17, 15) is 14.4 Å². The van der Waals surface area contributed by atoms with Crippen molar-refractivity contribution >= 4 is 17.8 Å². The topological polar surface area (TPSA) is 69.7 Å². The number of urea groups is 1. The number of piperidine rings is 1. The van der Waals surface area contributed by atoms with Crippen LogP contribution < -0.4 is 5.32 Å². The number of aryl methyl sites for hydroxylation is 1. The second-order valence-electron chi connectivity index (χ2n) is 7.70. The Morgan fingerprint density at radius 2 is 1.77 bits per heavy atom. The van der Waals surface area contributed by atoms with E-state index in [-0.39, 0.29) is 18.4 Å². The van der Waals surface area contributed by atoms with Crippen molar-refractivity contribution in [3.63, 3.8) is 0 Å². The zero-order chi connectivity index (χ0) is 18.7. The first kappa shape index (κ1) is 18.4. The van der Waals surface area contributed by atoms with Gasteiger partial charge in [-0.25, -0.2) is 4.79 Å². The molecule has 2 aliphatic heterocycles. The molecule has 6 nitrogen and oxygen atoms in total. The largest absolute Gasteiger partial charge is 0.341 e. The number of nitrogens with one attached hydrogen (secondary N) is 1. The van der Waals surface area contributed by atoms with E-state index in [1.54, 1.807) is 4.90 Å². The molecule has 0 aromatic heterocycles. The van der Waals surface area contributed by atoms with E-state index in [4.69, 9.17) is 0 Å². The number of amides is 4. The Hall–Kier alpha value is -2.37. The standard InChI is InChI=1S/C20H27N3O3/c1-14-10-15(2)12-22(11-14)18(24)13-23-19(25)17(21-20(23)26)9-8-16-6-4-3-5-7-16/h3-7,14-15,17H,8-13H2,1-2H3,(H,21,26)/t14-,15+,17-/m1/s1. The smallest absolute Gasteiger partial charge is 0.325 e. The number of hydrogen-bond donors (Lipinski definition) is 1. The Morgan fingerprint density at radius 1 is 1.12 bits per heavy atom. The molecule has 2 saturated heterocycles. The quantitative estimate of drug-likeness (QED) is 0.820. The Kier molecular flexibility index (Phi) is 5.59. The maximum absolute atomic E-state index is 12.6. The molecule has 2 aliphatic rings. The van der Waals surface area contributed by atoms with Gasteiger partial charge in [-0.05, 0) is 36.7 Å². The molecule has 0 saturated carbocycles. The minimum Gasteiger partial charge on any atom is -0.341 e. The van der Waals surface area contributed by atoms with Crippen molar-refractivity contribution in [2.45, 2.75) is 39.2 Å². The molecule has 1 aromatic carbocycles. The predicted molar refractivity (Wildman–Crippen MR) is 98.3 cm³/mol. The molecule has 3 rings (SSSR count). The molecule has 6 heteroatoms. The van der Waals surface area contributed by atoms with Crippen molar-refractivity contribution in [1.29, 1.82) is 0 Å². The second kappa shape index (κ2) is 7.89. The van der Waals surface area contributed by atoms with Gasteiger partial charge in [-0.2, -0.15) is 0 Å². The van der Waals surface area contributed by atoms with Crippen LogP contribution in [0.15, 0.2) is 30.3 Å². The number of carbonyl (C=O) groups is 3. The van der Waals surface area contributed by atoms with Gasteiger partial charge in [-0.3, -0.25) is 14.5 Å². The van der Waals surface area contributed by atoms with Crippen LogP contribution in [-0.2, 0) is 16.0 Å². The molecule has 1 N–H and O–H groups in total. The van der Waals surface area contributed by atoms with Gasteiger partial charge in [0.25, 0.3) is 5.91 Å². The summed E-state index contributed by atoms with van der Waals surface area (Å²) < 4.78 is 0. The third-order valence-corrected chi connectivity index (χ3v) is 5.19. The summed E-state index contributed by atoms with van der Waals surface area (Å²) in [6.07, 6.45) is 2.35. The summed E-state index contributed by atoms with van der Waals surface area (Å²) >= 11 is 0. The second-order valence-corrected chi connectivity index (χ2v) is 7.70. The average molecular weight is 357 g/mol. The van der Waals surface area contributed by atoms with Gasteiger partial charge in [0.15, 0.2) is 0 Å². The highest BCUT2D eigenvalue weighted by Crippen LogP contribution is 2.21. The zero-order valence-corrected chi connectivity index (χ0v) is 15.5. The van der Waals surface area contributed by atoms with E-state index in [0.29, 0.717) is 37.8 Å². The van der Waals surface area contributed by atoms with Crippen LogP contribution in [-0.4, -0.2) is 53.3 Å². The Balaban J connectivity index is 1.56. The molecule has 0 spiro atoms. The fourth-order valence-electron chi connectivity index (χ4n) is 3.98. The Morgan fingerprint density at radius 3 is 2.42 bits per heavy atom. The fourth-order valence-corrected chi connectivity index (χ4v) is 3.98. The van der Waals surface area contributed by atoms with Crippen LogP contribution in [0.25, 0.3) is 0 Å². The van der Waals surface area contributed by atoms with E-state index < -0.39 is 12.1 Å². The number of carbonyl (C=O) groups excluding carboxylic acids is 3. The lowest BCUT2D eigenvalue weighted by Gasteiger charge is -2.35. The molecule has 0 bridgehead atoms. The van der Waals surface area contributed by atoms with Crippen molar-refractivity contribution in [2.75, 3.05) is 19.6 Å². The zero-order valence-electron chi connectivity index (χ0n) is 15.5. The first-order chi connectivity index (χ1) is 12.4. The monoisotopic (exact) mass is 357 g/mol. The summed E-state index contributed by atoms with van der Waals surface area (Å²) in [5.74, 6) is 0.460. The summed E-state index contributed by atoms with van der Waals surface area (Å²) in [6.45, 7) is 5.49. The van der Waals surface area contributed by atoms with Crippen LogP contribution >= 0.6 is 0 Å². The lowest BCUT2D eigenvalue weighted by Crippen LogP contribution is -2.48. The first-order valence-electron chi connectivity index (χ1n) is 9.37. The van der Waals surface area contributed by atoms with Crippen molar-refractivity contribution < 1.29 is 14.4 Å². The van der Waals surface area contributed by atoms with E-state index >= 15 is 0 Å². The predicted octanol–water partition coefficient (Wildman–Crippen LogP) is 2.04. The lowest BCUT2D eigenvalue weighted by atomic mass is 9.92. The highest BCUT2D eigenvalue weighted by Gasteiger charge is 2.39. The molecular formula is C20H27N3O3. The third-order valence-electron chi connectivity index (χ3n) is 5.19. The molecule has 4 amide bonds. The van der Waals surface area contributed by atoms with Crippen LogP contribution in [0.2, 0.25) is 0 Å². The molecule has 2 heterocycles. The summed E-state index contributed by atoms with van der Waals surface area (Å²) in [4.78, 5) is 40.2. The molecule has 2 fully saturated rings. The van der Waals surface area contributed by atoms with Gasteiger partial charge in [0.05, 0.1) is 0 Å². The van der Waals surface area contributed by atoms with Crippen molar-refractivity contribution in [1.82, 2.24) is 15.1 Å². The van der Waals surface area contributed by atoms with E-state index in [2.05, 4.69) is 19.2 Å². The van der Waals surface area contributed by atoms with Gasteiger partial charge in [0, 0.05) is 13.1 Å². The van der Waals surface area contributed by atoms with Gasteiger partial charge < -0.3 is 10.2 Å². The normalized spacial score (nSPS) is 26.2. The van der Waals surface area contributed by atoms with Gasteiger partial charge in [0.1, 0.15) is 12.6 Å². The van der Waals surface area contributed by atoms with Crippen molar-refractivity contribution in [3.8, 4) is 0 Å². The number of benzene rings is 1. The van der Waals surface area contributed by atoms with Gasteiger partial charge in [-0.15, -0.1) is 0 Å². The number of imide groups is 1. The van der Waals surface area contributed by atoms with Gasteiger partial charge in [-0.1, -0.05) is 44.2 Å². The molecule has 26 heavy (non-hydrogen) atoms. The molecule has 1 aromatic rings. The maximum atomic E-state index is 12.6. The van der Waals surface area contributed by atoms with E-state index in [1.807, 2.05) is 30.3 Å². The molecule has 0 aliphatic carbocycles. The first-order valence-corrected chi connectivity index (χ1v) is 9.37. The van der Waals surface area contributed by atoms with Crippen molar-refractivity contribution in [2.24, 2.45) is 11.8 Å². The maximum Gasteiger partial charge on any atom is 0.325 e. The van der Waals surface area contributed by atoms with Gasteiger partial charge in [0.2, 0.25) is 5.91 Å². The summed E-state index contributed by atoms with van der Waals surface area (Å²) in [5.41, 5.74) is 1.13. The van der Waals surface area contributed by atoms with Crippen LogP contribution in [0.4, 0.5) is 4.79 Å². The fraction of sp³-hybridized carbons (Fsp3) is 0.550. The molecular weight excluding hydrogens is 330 g/mol. The van der Waals surface area contributed by atoms with E-state index in [0.717, 1.165) is 16.9 Å². The third kappa shape index (κ3) is 4.23. The minimum absolute atomic E-state index is 0.143. The van der Waals surface area contributed by atoms with Crippen molar-refractivity contribution in [3.05, 3.63) is 35.9 Å². The number of likely N-dealkylation sites (tertiary alicyclic amines) is 1. The molecule has 140 valence electrons. The summed E-state index contributed by atoms with van der Waals surface area (Å²) in [7, 11) is 0. The minimum atomic E-state index is -0.547. The Bertz CT molecular complexity index is 666. The SMILES string of the molecule is C[C@@H]1C[C@H](C)CN(C(=O)CN2C(=O)N[C@H](CCc3ccccc3)C2=O)C1. The van der Waals surface area contributed by atoms with Crippen LogP contribution in [0.1, 0.15) is 32.3 Å². The molecule has 0 unspecified atom stereocenters. The van der Waals surface area contributed by atoms with Crippen LogP contribution in [0.5, 0.6) is 0 Å². The highest BCUT2D eigenvalue weighted by atomic mass is 16.2. The molecule has 3 atom stereocenters. The van der Waals surface area contributed by atoms with Crippen LogP contribution in [0.3, 0.4) is 0 Å². The van der Waals surface area contributed by atoms with Gasteiger partial charge >= 0.3 is 6.03 Å². The number of hydrogen-bond acceptors (Lipinski definition) is 3. The summed E-state index contributed by atoms with van der Waals surface area (Å²) in [5, 5.41) is 2.72.